The van der Waals surface area contributed by atoms with E-state index in [2.05, 4.69) is 0 Å². The molecule has 122 valence electrons. The van der Waals surface area contributed by atoms with E-state index in [0.717, 1.165) is 31.5 Å². The van der Waals surface area contributed by atoms with Crippen molar-refractivity contribution in [1.29, 1.82) is 0 Å². The number of methoxy groups -OCH3 is 1. The normalized spacial score (nSPS) is 17.9. The lowest BCUT2D eigenvalue weighted by Gasteiger charge is -2.29. The minimum atomic E-state index is -1.26. The number of nitrogens with zero attached hydrogens (tertiary/aromatic N) is 1. The third kappa shape index (κ3) is 4.23. The van der Waals surface area contributed by atoms with Crippen LogP contribution in [0.4, 0.5) is 0 Å². The molecule has 1 aromatic carbocycles. The maximum absolute atomic E-state index is 12.5. The van der Waals surface area contributed by atoms with Crippen molar-refractivity contribution in [3.63, 3.8) is 0 Å². The molecule has 0 aliphatic carbocycles. The smallest absolute Gasteiger partial charge is 0.238 e. The number of carbonyl (C=O) groups excluding carboxylic acids is 1. The minimum absolute atomic E-state index is 0.00218. The summed E-state index contributed by atoms with van der Waals surface area (Å²) in [6.07, 6.45) is 3.25. The molecule has 0 radical (unpaired) electrons. The maximum Gasteiger partial charge on any atom is 0.238 e. The quantitative estimate of drug-likeness (QED) is 0.825. The Morgan fingerprint density at radius 2 is 2.05 bits per heavy atom. The van der Waals surface area contributed by atoms with E-state index >= 15 is 0 Å². The van der Waals surface area contributed by atoms with Gasteiger partial charge in [0.25, 0.3) is 0 Å². The SMILES string of the molecule is COc1ccc(C[S@@](=O)[C@@H](C)C(=O)N2CCCCC2)cc1Cl. The van der Waals surface area contributed by atoms with Crippen molar-refractivity contribution < 1.29 is 13.7 Å². The Morgan fingerprint density at radius 3 is 2.64 bits per heavy atom. The molecule has 0 N–H and O–H groups in total. The van der Waals surface area contributed by atoms with Gasteiger partial charge in [-0.05, 0) is 43.9 Å². The Balaban J connectivity index is 1.98. The first-order chi connectivity index (χ1) is 10.5. The maximum atomic E-state index is 12.5. The average Bonchev–Trinajstić information content (AvgIpc) is 2.54. The van der Waals surface area contributed by atoms with Crippen molar-refractivity contribution >= 4 is 28.3 Å². The van der Waals surface area contributed by atoms with Gasteiger partial charge in [-0.3, -0.25) is 9.00 Å². The Hall–Kier alpha value is -1.07. The molecule has 0 saturated carbocycles. The Kier molecular flexibility index (Phi) is 6.26. The fourth-order valence-corrected chi connectivity index (χ4v) is 3.99. The average molecular weight is 344 g/mol. The van der Waals surface area contributed by atoms with Crippen molar-refractivity contribution in [2.24, 2.45) is 0 Å². The van der Waals surface area contributed by atoms with Crippen molar-refractivity contribution in [3.8, 4) is 5.75 Å². The predicted molar refractivity (Wildman–Crippen MR) is 89.7 cm³/mol. The number of carbonyl (C=O) groups is 1. The summed E-state index contributed by atoms with van der Waals surface area (Å²) in [7, 11) is 0.299. The van der Waals surface area contributed by atoms with Crippen LogP contribution in [0.3, 0.4) is 0 Å². The van der Waals surface area contributed by atoms with Gasteiger partial charge in [0.2, 0.25) is 5.91 Å². The third-order valence-electron chi connectivity index (χ3n) is 3.93. The van der Waals surface area contributed by atoms with Crippen LogP contribution in [0.5, 0.6) is 5.75 Å². The highest BCUT2D eigenvalue weighted by atomic mass is 35.5. The van der Waals surface area contributed by atoms with Gasteiger partial charge in [-0.25, -0.2) is 0 Å². The van der Waals surface area contributed by atoms with Crippen molar-refractivity contribution in [2.75, 3.05) is 20.2 Å². The molecule has 22 heavy (non-hydrogen) atoms. The summed E-state index contributed by atoms with van der Waals surface area (Å²) < 4.78 is 17.6. The zero-order chi connectivity index (χ0) is 16.1. The van der Waals surface area contributed by atoms with Crippen LogP contribution >= 0.6 is 11.6 Å². The highest BCUT2D eigenvalue weighted by Gasteiger charge is 2.26. The van der Waals surface area contributed by atoms with Crippen LogP contribution in [0.15, 0.2) is 18.2 Å². The highest BCUT2D eigenvalue weighted by Crippen LogP contribution is 2.26. The lowest BCUT2D eigenvalue weighted by molar-refractivity contribution is -0.131. The van der Waals surface area contributed by atoms with Crippen LogP contribution in [0.2, 0.25) is 5.02 Å². The van der Waals surface area contributed by atoms with E-state index in [0.29, 0.717) is 16.5 Å². The van der Waals surface area contributed by atoms with Crippen LogP contribution in [0.1, 0.15) is 31.7 Å². The molecular weight excluding hydrogens is 322 g/mol. The molecule has 0 spiro atoms. The zero-order valence-corrected chi connectivity index (χ0v) is 14.6. The molecule has 1 fully saturated rings. The van der Waals surface area contributed by atoms with Gasteiger partial charge in [-0.15, -0.1) is 0 Å². The molecule has 2 rings (SSSR count). The van der Waals surface area contributed by atoms with Crippen LogP contribution in [0.25, 0.3) is 0 Å². The fourth-order valence-electron chi connectivity index (χ4n) is 2.57. The van der Waals surface area contributed by atoms with Gasteiger partial charge in [0, 0.05) is 29.6 Å². The fraction of sp³-hybridized carbons (Fsp3) is 0.562. The Labute approximate surface area is 139 Å². The van der Waals surface area contributed by atoms with E-state index in [1.807, 2.05) is 11.0 Å². The molecule has 1 heterocycles. The molecule has 1 aliphatic rings. The van der Waals surface area contributed by atoms with Gasteiger partial charge >= 0.3 is 0 Å². The monoisotopic (exact) mass is 343 g/mol. The van der Waals surface area contributed by atoms with E-state index in [4.69, 9.17) is 16.3 Å². The first-order valence-electron chi connectivity index (χ1n) is 7.51. The van der Waals surface area contributed by atoms with Gasteiger partial charge in [0.15, 0.2) is 0 Å². The van der Waals surface area contributed by atoms with Crippen molar-refractivity contribution in [2.45, 2.75) is 37.2 Å². The summed E-state index contributed by atoms with van der Waals surface area (Å²) in [4.78, 5) is 14.2. The molecule has 2 atom stereocenters. The summed E-state index contributed by atoms with van der Waals surface area (Å²) in [6.45, 7) is 3.32. The van der Waals surface area contributed by atoms with Crippen molar-refractivity contribution in [3.05, 3.63) is 28.8 Å². The first kappa shape index (κ1) is 17.3. The topological polar surface area (TPSA) is 46.6 Å². The minimum Gasteiger partial charge on any atom is -0.495 e. The highest BCUT2D eigenvalue weighted by molar-refractivity contribution is 7.85. The van der Waals surface area contributed by atoms with Crippen molar-refractivity contribution in [1.82, 2.24) is 4.90 Å². The number of hydrogen-bond donors (Lipinski definition) is 0. The molecule has 4 nitrogen and oxygen atoms in total. The van der Waals surface area contributed by atoms with E-state index in [1.54, 1.807) is 26.2 Å². The lowest BCUT2D eigenvalue weighted by atomic mass is 10.1. The second-order valence-corrected chi connectivity index (χ2v) is 7.69. The predicted octanol–water partition coefficient (Wildman–Crippen LogP) is 3.00. The first-order valence-corrected chi connectivity index (χ1v) is 9.27. The molecule has 1 amide bonds. The Morgan fingerprint density at radius 1 is 1.36 bits per heavy atom. The van der Waals surface area contributed by atoms with Gasteiger partial charge in [0.1, 0.15) is 11.0 Å². The standard InChI is InChI=1S/C16H22ClNO3S/c1-12(16(19)18-8-4-3-5-9-18)22(20)11-13-6-7-15(21-2)14(17)10-13/h6-7,10,12H,3-5,8-9,11H2,1-2H3/t12-,22+/m0/s1. The molecule has 1 saturated heterocycles. The third-order valence-corrected chi connectivity index (χ3v) is 5.84. The van der Waals surface area contributed by atoms with E-state index in [1.165, 1.54) is 6.42 Å². The molecule has 6 heteroatoms. The second-order valence-electron chi connectivity index (χ2n) is 5.52. The summed E-state index contributed by atoms with van der Waals surface area (Å²) in [5.41, 5.74) is 0.849. The number of piperidine rings is 1. The summed E-state index contributed by atoms with van der Waals surface area (Å²) in [6, 6.07) is 5.34. The van der Waals surface area contributed by atoms with E-state index in [-0.39, 0.29) is 5.91 Å². The molecule has 0 bridgehead atoms. The molecule has 1 aromatic rings. The number of ether oxygens (including phenoxy) is 1. The lowest BCUT2D eigenvalue weighted by Crippen LogP contribution is -2.42. The van der Waals surface area contributed by atoms with Gasteiger partial charge in [-0.2, -0.15) is 0 Å². The number of rotatable bonds is 5. The van der Waals surface area contributed by atoms with Gasteiger partial charge in [-0.1, -0.05) is 17.7 Å². The van der Waals surface area contributed by atoms with E-state index in [9.17, 15) is 9.00 Å². The zero-order valence-electron chi connectivity index (χ0n) is 13.0. The molecular formula is C16H22ClNO3S. The number of amides is 1. The van der Waals surface area contributed by atoms with Gasteiger partial charge in [0.05, 0.1) is 12.1 Å². The molecule has 0 aromatic heterocycles. The van der Waals surface area contributed by atoms with Crippen LogP contribution in [0, 0.1) is 0 Å². The Bertz CT molecular complexity index is 558. The van der Waals surface area contributed by atoms with Crippen LogP contribution < -0.4 is 4.74 Å². The summed E-state index contributed by atoms with van der Waals surface area (Å²) >= 11 is 6.08. The number of benzene rings is 1. The largest absolute Gasteiger partial charge is 0.495 e. The summed E-state index contributed by atoms with van der Waals surface area (Å²) in [5, 5.41) is 0.00554. The van der Waals surface area contributed by atoms with Gasteiger partial charge < -0.3 is 9.64 Å². The molecule has 1 aliphatic heterocycles. The number of hydrogen-bond acceptors (Lipinski definition) is 3. The van der Waals surface area contributed by atoms with E-state index < -0.39 is 16.0 Å². The summed E-state index contributed by atoms with van der Waals surface area (Å²) in [5.74, 6) is 0.913. The number of halogens is 1. The van der Waals surface area contributed by atoms with Crippen LogP contribution in [-0.2, 0) is 21.3 Å². The second kappa shape index (κ2) is 7.97. The van der Waals surface area contributed by atoms with Crippen LogP contribution in [-0.4, -0.2) is 40.5 Å². The number of likely N-dealkylation sites (tertiary alicyclic amines) is 1. The molecule has 0 unspecified atom stereocenters.